The molecule has 2 heterocycles. The summed E-state index contributed by atoms with van der Waals surface area (Å²) in [6, 6.07) is 19.1. The van der Waals surface area contributed by atoms with Crippen LogP contribution in [0.4, 0.5) is 26.3 Å². The highest BCUT2D eigenvalue weighted by molar-refractivity contribution is 5.92. The standard InChI is InChI=1S/C37H38F6N2O3/c1-22-8-6-7-11-30(22)34-32-21-45(28-17-29(46)20-44(19-28)18-24-9-4-3-5-10-24)35(47)31(32)12-13-33(34)48-23(2)25-14-26(36(38,39)40)16-27(15-25)37(41,42)43/h3-11,14-17,23,31-35,47H,12-13,18-21H2,1-2H3/t23-,31+,32-,33+,34+,35?/m1/s1. The Balaban J connectivity index is 1.28. The molecule has 2 aliphatic heterocycles. The van der Waals surface area contributed by atoms with Gasteiger partial charge in [-0.15, -0.1) is 0 Å². The van der Waals surface area contributed by atoms with Gasteiger partial charge < -0.3 is 14.7 Å². The Morgan fingerprint density at radius 2 is 1.52 bits per heavy atom. The van der Waals surface area contributed by atoms with Gasteiger partial charge in [0.15, 0.2) is 5.78 Å². The molecule has 1 N–H and O–H groups in total. The van der Waals surface area contributed by atoms with E-state index in [-0.39, 0.29) is 41.7 Å². The molecule has 6 atom stereocenters. The molecule has 1 saturated carbocycles. The van der Waals surface area contributed by atoms with Gasteiger partial charge in [0.2, 0.25) is 0 Å². The van der Waals surface area contributed by atoms with Crippen molar-refractivity contribution in [3.63, 3.8) is 0 Å². The average molecular weight is 673 g/mol. The number of benzene rings is 3. The first-order chi connectivity index (χ1) is 22.7. The quantitative estimate of drug-likeness (QED) is 0.259. The lowest BCUT2D eigenvalue weighted by molar-refractivity contribution is -0.143. The lowest BCUT2D eigenvalue weighted by Gasteiger charge is -2.41. The number of alkyl halides is 6. The van der Waals surface area contributed by atoms with Crippen LogP contribution in [-0.4, -0.2) is 52.7 Å². The van der Waals surface area contributed by atoms with Gasteiger partial charge >= 0.3 is 12.4 Å². The van der Waals surface area contributed by atoms with Crippen molar-refractivity contribution >= 4 is 5.78 Å². The zero-order chi connectivity index (χ0) is 34.4. The van der Waals surface area contributed by atoms with Crippen LogP contribution in [0.2, 0.25) is 0 Å². The first-order valence-electron chi connectivity index (χ1n) is 16.1. The molecule has 1 unspecified atom stereocenters. The van der Waals surface area contributed by atoms with Crippen molar-refractivity contribution in [3.8, 4) is 0 Å². The molecule has 6 rings (SSSR count). The number of aryl methyl sites for hydroxylation is 1. The molecule has 3 aromatic carbocycles. The normalized spacial score (nSPS) is 25.9. The third-order valence-corrected chi connectivity index (χ3v) is 10.0. The number of fused-ring (bicyclic) bond motifs is 1. The summed E-state index contributed by atoms with van der Waals surface area (Å²) in [7, 11) is 0. The van der Waals surface area contributed by atoms with E-state index in [1.807, 2.05) is 71.3 Å². The van der Waals surface area contributed by atoms with E-state index < -0.39 is 41.9 Å². The topological polar surface area (TPSA) is 53.0 Å². The van der Waals surface area contributed by atoms with Crippen LogP contribution in [0.25, 0.3) is 0 Å². The summed E-state index contributed by atoms with van der Waals surface area (Å²) < 4.78 is 88.4. The van der Waals surface area contributed by atoms with E-state index in [4.69, 9.17) is 4.74 Å². The number of halogens is 6. The predicted octanol–water partition coefficient (Wildman–Crippen LogP) is 7.89. The predicted molar refractivity (Wildman–Crippen MR) is 167 cm³/mol. The molecule has 0 spiro atoms. The van der Waals surface area contributed by atoms with E-state index in [9.17, 15) is 36.2 Å². The molecule has 256 valence electrons. The molecule has 3 aromatic rings. The van der Waals surface area contributed by atoms with Gasteiger partial charge in [-0.3, -0.25) is 9.69 Å². The monoisotopic (exact) mass is 672 g/mol. The largest absolute Gasteiger partial charge is 0.416 e. The third kappa shape index (κ3) is 7.18. The van der Waals surface area contributed by atoms with E-state index in [0.717, 1.165) is 34.5 Å². The fourth-order valence-electron chi connectivity index (χ4n) is 7.77. The fourth-order valence-corrected chi connectivity index (χ4v) is 7.77. The van der Waals surface area contributed by atoms with E-state index >= 15 is 0 Å². The van der Waals surface area contributed by atoms with Gasteiger partial charge in [-0.1, -0.05) is 54.6 Å². The second kappa shape index (κ2) is 13.3. The first-order valence-corrected chi connectivity index (χ1v) is 16.1. The Morgan fingerprint density at radius 3 is 2.17 bits per heavy atom. The molecule has 3 aliphatic rings. The molecular weight excluding hydrogens is 634 g/mol. The number of ketones is 1. The highest BCUT2D eigenvalue weighted by Gasteiger charge is 2.51. The summed E-state index contributed by atoms with van der Waals surface area (Å²) in [6.45, 7) is 5.16. The maximum absolute atomic E-state index is 13.7. The van der Waals surface area contributed by atoms with Gasteiger partial charge in [0.05, 0.1) is 29.9 Å². The second-order valence-corrected chi connectivity index (χ2v) is 13.2. The number of hydrogen-bond donors (Lipinski definition) is 1. The van der Waals surface area contributed by atoms with Crippen molar-refractivity contribution < 1.29 is 41.0 Å². The van der Waals surface area contributed by atoms with E-state index in [0.29, 0.717) is 32.5 Å². The number of rotatable bonds is 7. The highest BCUT2D eigenvalue weighted by Crippen LogP contribution is 2.51. The van der Waals surface area contributed by atoms with Crippen LogP contribution in [0.1, 0.15) is 65.2 Å². The summed E-state index contributed by atoms with van der Waals surface area (Å²) in [5, 5.41) is 11.7. The molecule has 0 amide bonds. The van der Waals surface area contributed by atoms with E-state index in [2.05, 4.69) is 0 Å². The molecule has 48 heavy (non-hydrogen) atoms. The van der Waals surface area contributed by atoms with Gasteiger partial charge in [-0.05, 0) is 73.1 Å². The molecule has 5 nitrogen and oxygen atoms in total. The lowest BCUT2D eigenvalue weighted by Crippen LogP contribution is -2.42. The number of aliphatic hydroxyl groups is 1. The summed E-state index contributed by atoms with van der Waals surface area (Å²) in [5.41, 5.74) is 0.748. The zero-order valence-corrected chi connectivity index (χ0v) is 26.6. The summed E-state index contributed by atoms with van der Waals surface area (Å²) in [6.07, 6.45) is -9.84. The van der Waals surface area contributed by atoms with Crippen LogP contribution in [0.15, 0.2) is 84.6 Å². The number of aliphatic hydroxyl groups excluding tert-OH is 1. The molecule has 0 radical (unpaired) electrons. The van der Waals surface area contributed by atoms with Crippen LogP contribution in [-0.2, 0) is 28.4 Å². The van der Waals surface area contributed by atoms with Crippen molar-refractivity contribution in [3.05, 3.63) is 118 Å². The maximum Gasteiger partial charge on any atom is 0.416 e. The van der Waals surface area contributed by atoms with Crippen LogP contribution >= 0.6 is 0 Å². The van der Waals surface area contributed by atoms with Crippen molar-refractivity contribution in [2.75, 3.05) is 19.6 Å². The SMILES string of the molecule is Cc1ccccc1[C@H]1[C@@H]2CN(C3=CC(=O)CN(Cc4ccccc4)C3)C(O)[C@H]2CC[C@@H]1O[C@H](C)c1cc(C(F)(F)F)cc(C(F)(F)F)c1. The minimum absolute atomic E-state index is 0.0564. The second-order valence-electron chi connectivity index (χ2n) is 13.2. The molecule has 11 heteroatoms. The van der Waals surface area contributed by atoms with Gasteiger partial charge in [-0.25, -0.2) is 0 Å². The maximum atomic E-state index is 13.7. The van der Waals surface area contributed by atoms with Crippen LogP contribution in [0.3, 0.4) is 0 Å². The number of ether oxygens (including phenoxy) is 1. The fraction of sp³-hybridized carbons (Fsp3) is 0.432. The molecule has 0 bridgehead atoms. The smallest absolute Gasteiger partial charge is 0.373 e. The van der Waals surface area contributed by atoms with Gasteiger partial charge in [-0.2, -0.15) is 26.3 Å². The number of hydrogen-bond acceptors (Lipinski definition) is 5. The van der Waals surface area contributed by atoms with Crippen molar-refractivity contribution in [1.29, 1.82) is 0 Å². The van der Waals surface area contributed by atoms with Crippen molar-refractivity contribution in [1.82, 2.24) is 9.80 Å². The van der Waals surface area contributed by atoms with Gasteiger partial charge in [0.1, 0.15) is 6.23 Å². The molecule has 1 saturated heterocycles. The Hall–Kier alpha value is -3.67. The van der Waals surface area contributed by atoms with E-state index in [1.165, 1.54) is 6.92 Å². The third-order valence-electron chi connectivity index (χ3n) is 10.0. The average Bonchev–Trinajstić information content (AvgIpc) is 3.36. The highest BCUT2D eigenvalue weighted by atomic mass is 19.4. The minimum atomic E-state index is -4.97. The van der Waals surface area contributed by atoms with Crippen molar-refractivity contribution in [2.24, 2.45) is 11.8 Å². The Kier molecular flexibility index (Phi) is 9.50. The Labute approximate surface area is 275 Å². The molecule has 0 aromatic heterocycles. The first kappa shape index (κ1) is 34.2. The summed E-state index contributed by atoms with van der Waals surface area (Å²) in [4.78, 5) is 16.8. The minimum Gasteiger partial charge on any atom is -0.373 e. The molecule has 1 aliphatic carbocycles. The van der Waals surface area contributed by atoms with Crippen LogP contribution in [0.5, 0.6) is 0 Å². The number of carbonyl (C=O) groups is 1. The number of carbonyl (C=O) groups excluding carboxylic acids is 1. The molecule has 2 fully saturated rings. The summed E-state index contributed by atoms with van der Waals surface area (Å²) in [5.74, 6) is -0.699. The Morgan fingerprint density at radius 1 is 0.875 bits per heavy atom. The molecular formula is C37H38F6N2O3. The Bertz CT molecular complexity index is 1620. The van der Waals surface area contributed by atoms with E-state index in [1.54, 1.807) is 6.08 Å². The van der Waals surface area contributed by atoms with Gasteiger partial charge in [0.25, 0.3) is 0 Å². The lowest BCUT2D eigenvalue weighted by atomic mass is 9.68. The summed E-state index contributed by atoms with van der Waals surface area (Å²) >= 11 is 0. The van der Waals surface area contributed by atoms with Crippen LogP contribution < -0.4 is 0 Å². The van der Waals surface area contributed by atoms with Crippen molar-refractivity contribution in [2.45, 2.75) is 69.9 Å². The van der Waals surface area contributed by atoms with Crippen LogP contribution in [0, 0.1) is 18.8 Å². The number of nitrogens with zero attached hydrogens (tertiary/aromatic N) is 2. The zero-order valence-electron chi connectivity index (χ0n) is 26.6. The van der Waals surface area contributed by atoms with Gasteiger partial charge in [0, 0.05) is 43.2 Å². The number of likely N-dealkylation sites (tertiary alicyclic amines) is 1.